The summed E-state index contributed by atoms with van der Waals surface area (Å²) in [5.41, 5.74) is 1.27. The number of Topliss-reactive ketones (excluding diaryl/α,β-unsaturated/α-hetero) is 1. The van der Waals surface area contributed by atoms with Crippen LogP contribution in [0.15, 0.2) is 30.7 Å². The van der Waals surface area contributed by atoms with Crippen molar-refractivity contribution < 1.29 is 9.18 Å². The van der Waals surface area contributed by atoms with Crippen LogP contribution >= 0.6 is 11.6 Å². The van der Waals surface area contributed by atoms with Gasteiger partial charge in [-0.05, 0) is 55.2 Å². The van der Waals surface area contributed by atoms with Gasteiger partial charge >= 0.3 is 0 Å². The van der Waals surface area contributed by atoms with Gasteiger partial charge in [-0.25, -0.2) is 14.4 Å². The molecule has 0 spiro atoms. The normalized spacial score (nSPS) is 22.2. The van der Waals surface area contributed by atoms with Crippen molar-refractivity contribution in [3.05, 3.63) is 41.6 Å². The molecule has 32 heavy (non-hydrogen) atoms. The summed E-state index contributed by atoms with van der Waals surface area (Å²) in [5, 5.41) is 11.5. The lowest BCUT2D eigenvalue weighted by Crippen LogP contribution is -2.43. The van der Waals surface area contributed by atoms with Gasteiger partial charge in [-0.15, -0.1) is 0 Å². The molecule has 0 unspecified atom stereocenters. The van der Waals surface area contributed by atoms with Crippen LogP contribution in [-0.2, 0) is 4.79 Å². The van der Waals surface area contributed by atoms with Crippen LogP contribution in [0.5, 0.6) is 0 Å². The minimum atomic E-state index is -0.408. The molecule has 2 N–H and O–H groups in total. The molecule has 168 valence electrons. The lowest BCUT2D eigenvalue weighted by Gasteiger charge is -2.38. The molecular weight excluding hydrogens is 431 g/mol. The van der Waals surface area contributed by atoms with E-state index in [1.165, 1.54) is 12.1 Å². The maximum atomic E-state index is 13.8. The zero-order valence-corrected chi connectivity index (χ0v) is 18.6. The lowest BCUT2D eigenvalue weighted by atomic mass is 9.82. The second-order valence-corrected chi connectivity index (χ2v) is 9.53. The molecule has 0 radical (unpaired) electrons. The van der Waals surface area contributed by atoms with E-state index in [1.54, 1.807) is 18.6 Å². The van der Waals surface area contributed by atoms with Gasteiger partial charge in [0.1, 0.15) is 18.0 Å². The summed E-state index contributed by atoms with van der Waals surface area (Å²) in [4.78, 5) is 24.3. The minimum Gasteiger partial charge on any atom is -0.375 e. The average molecular weight is 457 g/mol. The van der Waals surface area contributed by atoms with E-state index in [-0.39, 0.29) is 17.7 Å². The van der Waals surface area contributed by atoms with Gasteiger partial charge in [0.25, 0.3) is 0 Å². The van der Waals surface area contributed by atoms with Crippen molar-refractivity contribution in [1.82, 2.24) is 20.2 Å². The van der Waals surface area contributed by atoms with Crippen LogP contribution in [0.3, 0.4) is 0 Å². The van der Waals surface area contributed by atoms with E-state index >= 15 is 0 Å². The standard InChI is InChI=1S/C23H26ClFN6O/c1-13-4-5-31(23-19-10-28-30-22(19)26-12-27-23)11-15(13)6-20(32)21(14-2-3-14)29-18-8-16(24)7-17(25)9-18/h7-10,12-15,21,29H,2-6,11H2,1H3,(H,26,27,28,30)/t13-,15-,21+/m0/s1. The Morgan fingerprint density at radius 1 is 1.31 bits per heavy atom. The molecule has 2 aromatic heterocycles. The highest BCUT2D eigenvalue weighted by atomic mass is 35.5. The number of anilines is 2. The van der Waals surface area contributed by atoms with Crippen LogP contribution < -0.4 is 10.2 Å². The Balaban J connectivity index is 1.31. The largest absolute Gasteiger partial charge is 0.375 e. The van der Waals surface area contributed by atoms with E-state index in [2.05, 4.69) is 37.3 Å². The number of carbonyl (C=O) groups excluding carboxylic acids is 1. The number of fused-ring (bicyclic) bond motifs is 1. The maximum absolute atomic E-state index is 13.8. The van der Waals surface area contributed by atoms with E-state index < -0.39 is 5.82 Å². The molecule has 1 saturated heterocycles. The maximum Gasteiger partial charge on any atom is 0.160 e. The first-order chi connectivity index (χ1) is 15.5. The van der Waals surface area contributed by atoms with Gasteiger partial charge in [-0.2, -0.15) is 5.10 Å². The van der Waals surface area contributed by atoms with Gasteiger partial charge in [-0.1, -0.05) is 18.5 Å². The molecule has 2 fully saturated rings. The highest BCUT2D eigenvalue weighted by Gasteiger charge is 2.38. The van der Waals surface area contributed by atoms with E-state index in [9.17, 15) is 9.18 Å². The molecule has 1 aromatic carbocycles. The molecule has 2 aliphatic rings. The molecule has 1 saturated carbocycles. The number of H-pyrrole nitrogens is 1. The fourth-order valence-electron chi connectivity index (χ4n) is 4.70. The average Bonchev–Trinajstić information content (AvgIpc) is 3.48. The zero-order chi connectivity index (χ0) is 22.2. The van der Waals surface area contributed by atoms with Gasteiger partial charge in [0, 0.05) is 30.2 Å². The first-order valence-electron chi connectivity index (χ1n) is 11.1. The summed E-state index contributed by atoms with van der Waals surface area (Å²) < 4.78 is 13.8. The summed E-state index contributed by atoms with van der Waals surface area (Å²) in [6.07, 6.45) is 6.79. The summed E-state index contributed by atoms with van der Waals surface area (Å²) >= 11 is 6.00. The second kappa shape index (κ2) is 8.65. The Kier molecular flexibility index (Phi) is 5.71. The number of halogens is 2. The molecule has 0 bridgehead atoms. The van der Waals surface area contributed by atoms with Gasteiger partial charge < -0.3 is 10.2 Å². The number of aromatic amines is 1. The molecule has 3 aromatic rings. The molecule has 5 rings (SSSR count). The number of hydrogen-bond acceptors (Lipinski definition) is 6. The Hall–Kier alpha value is -2.74. The number of carbonyl (C=O) groups is 1. The summed E-state index contributed by atoms with van der Waals surface area (Å²) in [5.74, 6) is 1.58. The number of ketones is 1. The predicted octanol–water partition coefficient (Wildman–Crippen LogP) is 4.46. The smallest absolute Gasteiger partial charge is 0.160 e. The van der Waals surface area contributed by atoms with Crippen LogP contribution in [0.4, 0.5) is 15.9 Å². The van der Waals surface area contributed by atoms with Crippen LogP contribution in [0.2, 0.25) is 5.02 Å². The van der Waals surface area contributed by atoms with E-state index in [1.807, 2.05) is 0 Å². The molecule has 0 amide bonds. The topological polar surface area (TPSA) is 86.8 Å². The van der Waals surface area contributed by atoms with Crippen LogP contribution in [0, 0.1) is 23.6 Å². The van der Waals surface area contributed by atoms with Crippen LogP contribution in [0.25, 0.3) is 11.0 Å². The van der Waals surface area contributed by atoms with Crippen molar-refractivity contribution in [2.24, 2.45) is 17.8 Å². The second-order valence-electron chi connectivity index (χ2n) is 9.09. The molecule has 7 nitrogen and oxygen atoms in total. The number of hydrogen-bond donors (Lipinski definition) is 2. The first-order valence-corrected chi connectivity index (χ1v) is 11.5. The van der Waals surface area contributed by atoms with E-state index in [0.29, 0.717) is 34.6 Å². The quantitative estimate of drug-likeness (QED) is 0.546. The molecule has 1 aliphatic carbocycles. The third kappa shape index (κ3) is 4.41. The molecule has 3 heterocycles. The lowest BCUT2D eigenvalue weighted by molar-refractivity contribution is -0.121. The fourth-order valence-corrected chi connectivity index (χ4v) is 4.93. The number of aromatic nitrogens is 4. The van der Waals surface area contributed by atoms with Crippen molar-refractivity contribution in [3.63, 3.8) is 0 Å². The number of nitrogens with one attached hydrogen (secondary N) is 2. The number of rotatable bonds is 7. The highest BCUT2D eigenvalue weighted by Crippen LogP contribution is 2.38. The van der Waals surface area contributed by atoms with Gasteiger partial charge in [0.15, 0.2) is 11.4 Å². The third-order valence-electron chi connectivity index (χ3n) is 6.73. The SMILES string of the molecule is C[C@H]1CCN(c2ncnc3[nH]ncc23)C[C@@H]1CC(=O)[C@H](Nc1cc(F)cc(Cl)c1)C1CC1. The monoisotopic (exact) mass is 456 g/mol. The van der Waals surface area contributed by atoms with Crippen LogP contribution in [0.1, 0.15) is 32.6 Å². The first kappa shape index (κ1) is 21.1. The number of nitrogens with zero attached hydrogens (tertiary/aromatic N) is 4. The summed E-state index contributed by atoms with van der Waals surface area (Å²) in [6.45, 7) is 3.86. The van der Waals surface area contributed by atoms with Crippen molar-refractivity contribution in [3.8, 4) is 0 Å². The molecule has 9 heteroatoms. The number of benzene rings is 1. The molecule has 1 aliphatic heterocycles. The Labute approximate surface area is 190 Å². The Morgan fingerprint density at radius 3 is 2.94 bits per heavy atom. The minimum absolute atomic E-state index is 0.183. The molecular formula is C23H26ClFN6O. The van der Waals surface area contributed by atoms with Crippen molar-refractivity contribution in [2.75, 3.05) is 23.3 Å². The summed E-state index contributed by atoms with van der Waals surface area (Å²) in [6, 6.07) is 4.02. The van der Waals surface area contributed by atoms with Crippen molar-refractivity contribution in [2.45, 2.75) is 38.6 Å². The van der Waals surface area contributed by atoms with Crippen LogP contribution in [-0.4, -0.2) is 45.1 Å². The zero-order valence-electron chi connectivity index (χ0n) is 17.9. The summed E-state index contributed by atoms with van der Waals surface area (Å²) in [7, 11) is 0. The highest BCUT2D eigenvalue weighted by molar-refractivity contribution is 6.30. The van der Waals surface area contributed by atoms with E-state index in [0.717, 1.165) is 43.6 Å². The Bertz CT molecular complexity index is 1110. The fraction of sp³-hybridized carbons (Fsp3) is 0.478. The Morgan fingerprint density at radius 2 is 2.16 bits per heavy atom. The van der Waals surface area contributed by atoms with E-state index in [4.69, 9.17) is 11.6 Å². The van der Waals surface area contributed by atoms with Gasteiger partial charge in [-0.3, -0.25) is 9.89 Å². The van der Waals surface area contributed by atoms with Gasteiger partial charge in [0.05, 0.1) is 17.6 Å². The van der Waals surface area contributed by atoms with Crippen molar-refractivity contribution in [1.29, 1.82) is 0 Å². The number of piperidine rings is 1. The van der Waals surface area contributed by atoms with Gasteiger partial charge in [0.2, 0.25) is 0 Å². The van der Waals surface area contributed by atoms with Crippen molar-refractivity contribution >= 4 is 39.9 Å². The molecule has 3 atom stereocenters. The third-order valence-corrected chi connectivity index (χ3v) is 6.95. The predicted molar refractivity (Wildman–Crippen MR) is 122 cm³/mol.